The quantitative estimate of drug-likeness (QED) is 0.709. The van der Waals surface area contributed by atoms with E-state index >= 15 is 0 Å². The van der Waals surface area contributed by atoms with Gasteiger partial charge in [0.1, 0.15) is 0 Å². The highest BCUT2D eigenvalue weighted by atomic mass is 16.1. The van der Waals surface area contributed by atoms with Gasteiger partial charge in [-0.05, 0) is 68.7 Å². The summed E-state index contributed by atoms with van der Waals surface area (Å²) in [7, 11) is 0. The average Bonchev–Trinajstić information content (AvgIpc) is 2.62. The molecular weight excluding hydrogens is 336 g/mol. The lowest BCUT2D eigenvalue weighted by Gasteiger charge is -2.21. The van der Waals surface area contributed by atoms with Crippen molar-refractivity contribution in [1.82, 2.24) is 9.97 Å². The van der Waals surface area contributed by atoms with Gasteiger partial charge in [-0.1, -0.05) is 18.2 Å². The highest BCUT2D eigenvalue weighted by Crippen LogP contribution is 2.22. The minimum atomic E-state index is -0.217. The molecule has 5 nitrogen and oxygen atoms in total. The Kier molecular flexibility index (Phi) is 5.50. The normalized spacial score (nSPS) is 10.5. The van der Waals surface area contributed by atoms with E-state index in [1.165, 1.54) is 5.56 Å². The Balaban J connectivity index is 1.78. The fraction of sp³-hybridized carbons (Fsp3) is 0.227. The van der Waals surface area contributed by atoms with E-state index in [-0.39, 0.29) is 5.91 Å². The summed E-state index contributed by atoms with van der Waals surface area (Å²) in [6.07, 6.45) is 3.14. The second kappa shape index (κ2) is 7.99. The minimum Gasteiger partial charge on any atom is -0.322 e. The molecule has 0 radical (unpaired) electrons. The number of nitrogens with zero attached hydrogens (tertiary/aromatic N) is 3. The maximum atomic E-state index is 12.5. The van der Waals surface area contributed by atoms with Crippen molar-refractivity contribution in [2.45, 2.75) is 27.7 Å². The maximum absolute atomic E-state index is 12.5. The first-order valence-corrected chi connectivity index (χ1v) is 9.02. The van der Waals surface area contributed by atoms with Gasteiger partial charge in [0.15, 0.2) is 0 Å². The highest BCUT2D eigenvalue weighted by Gasteiger charge is 2.13. The number of aryl methyl sites for hydroxylation is 3. The molecule has 1 N–H and O–H groups in total. The Morgan fingerprint density at radius 1 is 0.963 bits per heavy atom. The first-order valence-electron chi connectivity index (χ1n) is 9.02. The Morgan fingerprint density at radius 3 is 2.22 bits per heavy atom. The number of carbonyl (C=O) groups is 1. The Morgan fingerprint density at radius 2 is 1.63 bits per heavy atom. The predicted octanol–water partition coefficient (Wildman–Crippen LogP) is 4.81. The van der Waals surface area contributed by atoms with E-state index in [1.807, 2.05) is 49.9 Å². The van der Waals surface area contributed by atoms with Crippen LogP contribution in [0.3, 0.4) is 0 Å². The van der Waals surface area contributed by atoms with E-state index in [1.54, 1.807) is 12.4 Å². The van der Waals surface area contributed by atoms with Crippen molar-refractivity contribution in [3.63, 3.8) is 0 Å². The molecule has 138 valence electrons. The van der Waals surface area contributed by atoms with Gasteiger partial charge in [-0.15, -0.1) is 0 Å². The van der Waals surface area contributed by atoms with Gasteiger partial charge in [-0.2, -0.15) is 0 Å². The van der Waals surface area contributed by atoms with Gasteiger partial charge in [0.25, 0.3) is 5.91 Å². The summed E-state index contributed by atoms with van der Waals surface area (Å²) in [6, 6.07) is 14.1. The topological polar surface area (TPSA) is 58.1 Å². The smallest absolute Gasteiger partial charge is 0.258 e. The molecule has 0 unspecified atom stereocenters. The summed E-state index contributed by atoms with van der Waals surface area (Å²) in [6.45, 7) is 8.85. The van der Waals surface area contributed by atoms with Crippen LogP contribution in [0.5, 0.6) is 0 Å². The molecule has 1 heterocycles. The van der Waals surface area contributed by atoms with Crippen molar-refractivity contribution >= 4 is 23.2 Å². The molecule has 2 aromatic carbocycles. The molecule has 0 bridgehead atoms. The molecule has 0 saturated heterocycles. The first kappa shape index (κ1) is 18.6. The first-order chi connectivity index (χ1) is 13.0. The molecule has 0 aliphatic heterocycles. The van der Waals surface area contributed by atoms with Gasteiger partial charge in [-0.25, -0.2) is 9.97 Å². The van der Waals surface area contributed by atoms with Crippen LogP contribution in [0, 0.1) is 20.8 Å². The van der Waals surface area contributed by atoms with Crippen LogP contribution >= 0.6 is 0 Å². The van der Waals surface area contributed by atoms with Crippen LogP contribution in [0.15, 0.2) is 54.9 Å². The number of hydrogen-bond donors (Lipinski definition) is 1. The zero-order valence-corrected chi connectivity index (χ0v) is 16.2. The molecule has 0 atom stereocenters. The number of aromatic nitrogens is 2. The van der Waals surface area contributed by atoms with Crippen molar-refractivity contribution in [2.24, 2.45) is 0 Å². The van der Waals surface area contributed by atoms with Crippen LogP contribution in [0.25, 0.3) is 0 Å². The maximum Gasteiger partial charge on any atom is 0.258 e. The number of anilines is 3. The minimum absolute atomic E-state index is 0.217. The lowest BCUT2D eigenvalue weighted by atomic mass is 10.1. The average molecular weight is 360 g/mol. The third kappa shape index (κ3) is 4.50. The molecule has 0 aliphatic rings. The fourth-order valence-corrected chi connectivity index (χ4v) is 3.06. The number of amides is 1. The zero-order valence-electron chi connectivity index (χ0n) is 16.2. The zero-order chi connectivity index (χ0) is 19.4. The van der Waals surface area contributed by atoms with Gasteiger partial charge in [0, 0.05) is 30.3 Å². The van der Waals surface area contributed by atoms with Crippen LogP contribution in [-0.4, -0.2) is 22.4 Å². The van der Waals surface area contributed by atoms with E-state index in [0.29, 0.717) is 11.5 Å². The Labute approximate surface area is 160 Å². The Bertz CT molecular complexity index is 931. The predicted molar refractivity (Wildman–Crippen MR) is 110 cm³/mol. The third-order valence-corrected chi connectivity index (χ3v) is 4.25. The van der Waals surface area contributed by atoms with Crippen molar-refractivity contribution in [3.05, 3.63) is 77.1 Å². The van der Waals surface area contributed by atoms with Gasteiger partial charge < -0.3 is 10.2 Å². The van der Waals surface area contributed by atoms with Crippen molar-refractivity contribution in [3.8, 4) is 0 Å². The molecule has 3 rings (SSSR count). The summed E-state index contributed by atoms with van der Waals surface area (Å²) >= 11 is 0. The van der Waals surface area contributed by atoms with Crippen LogP contribution in [-0.2, 0) is 0 Å². The molecule has 0 aliphatic carbocycles. The van der Waals surface area contributed by atoms with Crippen LogP contribution in [0.1, 0.15) is 34.0 Å². The van der Waals surface area contributed by atoms with E-state index in [4.69, 9.17) is 0 Å². The number of carbonyl (C=O) groups excluding carboxylic acids is 1. The lowest BCUT2D eigenvalue weighted by Crippen LogP contribution is -2.20. The SMILES string of the molecule is CCN(c1cccc(C)c1)c1ncc(C(=O)Nc2cc(C)cc(C)c2)cn1. The van der Waals surface area contributed by atoms with Gasteiger partial charge in [-0.3, -0.25) is 4.79 Å². The van der Waals surface area contributed by atoms with Gasteiger partial charge >= 0.3 is 0 Å². The van der Waals surface area contributed by atoms with Crippen molar-refractivity contribution in [1.29, 1.82) is 0 Å². The highest BCUT2D eigenvalue weighted by molar-refractivity contribution is 6.04. The lowest BCUT2D eigenvalue weighted by molar-refractivity contribution is 0.102. The molecule has 27 heavy (non-hydrogen) atoms. The second-order valence-electron chi connectivity index (χ2n) is 6.69. The summed E-state index contributed by atoms with van der Waals surface area (Å²) in [4.78, 5) is 23.3. The van der Waals surface area contributed by atoms with Crippen molar-refractivity contribution < 1.29 is 4.79 Å². The summed E-state index contributed by atoms with van der Waals surface area (Å²) < 4.78 is 0. The standard InChI is InChI=1S/C22H24N4O/c1-5-26(20-8-6-7-15(2)12-20)22-23-13-18(14-24-22)21(27)25-19-10-16(3)9-17(4)11-19/h6-14H,5H2,1-4H3,(H,25,27). The molecule has 1 aromatic heterocycles. The molecule has 0 spiro atoms. The summed E-state index contributed by atoms with van der Waals surface area (Å²) in [5, 5.41) is 2.91. The number of benzene rings is 2. The molecule has 0 fully saturated rings. The number of hydrogen-bond acceptors (Lipinski definition) is 4. The van der Waals surface area contributed by atoms with Crippen LogP contribution in [0.4, 0.5) is 17.3 Å². The monoisotopic (exact) mass is 360 g/mol. The second-order valence-corrected chi connectivity index (χ2v) is 6.69. The number of rotatable bonds is 5. The van der Waals surface area contributed by atoms with Crippen molar-refractivity contribution in [2.75, 3.05) is 16.8 Å². The van der Waals surface area contributed by atoms with E-state index < -0.39 is 0 Å². The molecule has 0 saturated carbocycles. The largest absolute Gasteiger partial charge is 0.322 e. The third-order valence-electron chi connectivity index (χ3n) is 4.25. The molecule has 1 amide bonds. The fourth-order valence-electron chi connectivity index (χ4n) is 3.06. The van der Waals surface area contributed by atoms with Gasteiger partial charge in [0.2, 0.25) is 5.95 Å². The van der Waals surface area contributed by atoms with E-state index in [2.05, 4.69) is 40.4 Å². The number of nitrogens with one attached hydrogen (secondary N) is 1. The molecule has 3 aromatic rings. The van der Waals surface area contributed by atoms with E-state index in [0.717, 1.165) is 29.0 Å². The van der Waals surface area contributed by atoms with E-state index in [9.17, 15) is 4.79 Å². The van der Waals surface area contributed by atoms with Gasteiger partial charge in [0.05, 0.1) is 5.56 Å². The summed E-state index contributed by atoms with van der Waals surface area (Å²) in [5.74, 6) is 0.358. The molecule has 5 heteroatoms. The van der Waals surface area contributed by atoms with Crippen LogP contribution < -0.4 is 10.2 Å². The summed E-state index contributed by atoms with van der Waals surface area (Å²) in [5.41, 5.74) is 5.62. The Hall–Kier alpha value is -3.21. The van der Waals surface area contributed by atoms with Crippen LogP contribution in [0.2, 0.25) is 0 Å². The molecular formula is C22H24N4O.